The van der Waals surface area contributed by atoms with E-state index < -0.39 is 43.5 Å². The van der Waals surface area contributed by atoms with E-state index >= 15 is 0 Å². The van der Waals surface area contributed by atoms with Crippen molar-refractivity contribution < 1.29 is 135 Å². The van der Waals surface area contributed by atoms with Gasteiger partial charge in [0.2, 0.25) is 0 Å². The predicted molar refractivity (Wildman–Crippen MR) is 61.1 cm³/mol. The maximum Gasteiger partial charge on any atom is 6.00 e. The van der Waals surface area contributed by atoms with Crippen LogP contribution >= 0.6 is 0 Å². The minimum Gasteiger partial charge on any atom is -0.418 e. The average molecular weight is 759 g/mol. The van der Waals surface area contributed by atoms with E-state index in [0.29, 0.717) is 0 Å². The summed E-state index contributed by atoms with van der Waals surface area (Å²) in [6.07, 6.45) is 0. The molecule has 0 aromatic rings. The van der Waals surface area contributed by atoms with Crippen molar-refractivity contribution in [2.45, 2.75) is 0 Å². The molecule has 0 aliphatic heterocycles. The van der Waals surface area contributed by atoms with Gasteiger partial charge in [0.05, 0.1) is 0 Å². The van der Waals surface area contributed by atoms with Crippen LogP contribution < -0.4 is 0 Å². The Balaban J connectivity index is -0.0000000443. The fourth-order valence-corrected chi connectivity index (χ4v) is 0. The first-order valence-corrected chi connectivity index (χ1v) is 5.24. The van der Waals surface area contributed by atoms with Gasteiger partial charge in [0.15, 0.2) is 0 Å². The van der Waals surface area contributed by atoms with E-state index in [9.17, 15) is 104 Å². The number of rotatable bonds is 0. The molecule has 0 radical (unpaired) electrons. The van der Waals surface area contributed by atoms with Crippen LogP contribution in [0.1, 0.15) is 0 Å². The molecule has 0 heterocycles. The minimum absolute atomic E-state index is 0. The second kappa shape index (κ2) is 19.3. The van der Waals surface area contributed by atoms with Gasteiger partial charge in [-0.2, -0.15) is 0 Å². The minimum atomic E-state index is -6.00. The second-order valence-electron chi connectivity index (χ2n) is 2.97. The topological polar surface area (TPSA) is 0 Å². The number of halogens is 24. The van der Waals surface area contributed by atoms with Crippen molar-refractivity contribution >= 4 is 43.5 Å². The molecule has 0 amide bonds. The Kier molecular flexibility index (Phi) is 30.0. The van der Waals surface area contributed by atoms with Gasteiger partial charge >= 0.3 is 74.6 Å². The fraction of sp³-hybridized carbons (Fsp3) is 0. The molecule has 0 aromatic carbocycles. The van der Waals surface area contributed by atoms with E-state index in [4.69, 9.17) is 0 Å². The molecule has 0 aliphatic rings. The molecule has 0 saturated carbocycles. The van der Waals surface area contributed by atoms with Gasteiger partial charge in [0.25, 0.3) is 0 Å². The van der Waals surface area contributed by atoms with Crippen LogP contribution in [-0.4, -0.2) is 43.5 Å². The molecule has 0 unspecified atom stereocenters. The molecule has 31 heavy (non-hydrogen) atoms. The van der Waals surface area contributed by atoms with E-state index in [1.165, 1.54) is 0 Å². The van der Waals surface area contributed by atoms with Gasteiger partial charge in [-0.3, -0.25) is 0 Å². The third-order valence-corrected chi connectivity index (χ3v) is 0. The number of hydrogen-bond acceptors (Lipinski definition) is 0. The summed E-state index contributed by atoms with van der Waals surface area (Å²) in [6.45, 7) is 0. The summed E-state index contributed by atoms with van der Waals surface area (Å²) < 4.78 is 234. The first-order valence-electron chi connectivity index (χ1n) is 5.24. The Morgan fingerprint density at radius 1 is 0.161 bits per heavy atom. The van der Waals surface area contributed by atoms with Crippen molar-refractivity contribution in [2.75, 3.05) is 0 Å². The molecule has 0 rings (SSSR count). The van der Waals surface area contributed by atoms with Crippen molar-refractivity contribution in [3.63, 3.8) is 0 Å². The molecule has 190 valence electrons. The van der Waals surface area contributed by atoms with Crippen LogP contribution in [0.2, 0.25) is 0 Å². The SMILES string of the molecule is F[B-](F)(F)F.F[B-](F)(F)F.F[B-](F)(F)F.F[B-](F)(F)F.F[B-](F)(F)F.F[B-](F)(F)F.[U+6]. The standard InChI is InChI=1S/6BF4.U/c6*2-1(3,4)5;/q6*-1;+6. The summed E-state index contributed by atoms with van der Waals surface area (Å²) in [6, 6.07) is 0. The van der Waals surface area contributed by atoms with Crippen molar-refractivity contribution in [1.82, 2.24) is 0 Å². The van der Waals surface area contributed by atoms with E-state index in [-0.39, 0.29) is 31.1 Å². The fourth-order valence-electron chi connectivity index (χ4n) is 0. The third-order valence-electron chi connectivity index (χ3n) is 0. The van der Waals surface area contributed by atoms with Crippen molar-refractivity contribution in [3.05, 3.63) is 0 Å². The van der Waals surface area contributed by atoms with E-state index in [1.54, 1.807) is 0 Å². The Labute approximate surface area is 178 Å². The second-order valence-corrected chi connectivity index (χ2v) is 2.97. The molecule has 0 bridgehead atoms. The summed E-state index contributed by atoms with van der Waals surface area (Å²) in [7, 11) is -36.0. The predicted octanol–water partition coefficient (Wildman–Crippen LogP) is 7.80. The van der Waals surface area contributed by atoms with Crippen LogP contribution in [0.5, 0.6) is 0 Å². The Morgan fingerprint density at radius 3 is 0.161 bits per heavy atom. The molecular weight excluding hydrogens is 759 g/mol. The van der Waals surface area contributed by atoms with Crippen molar-refractivity contribution in [3.8, 4) is 0 Å². The van der Waals surface area contributed by atoms with Gasteiger partial charge < -0.3 is 104 Å². The van der Waals surface area contributed by atoms with E-state index in [0.717, 1.165) is 0 Å². The van der Waals surface area contributed by atoms with E-state index in [1.807, 2.05) is 0 Å². The molecule has 31 heteroatoms. The summed E-state index contributed by atoms with van der Waals surface area (Å²) >= 11 is 0. The van der Waals surface area contributed by atoms with E-state index in [2.05, 4.69) is 0 Å². The monoisotopic (exact) mass is 760 g/mol. The Hall–Kier alpha value is -0.238. The van der Waals surface area contributed by atoms with Gasteiger partial charge in [0, 0.05) is 0 Å². The smallest absolute Gasteiger partial charge is 0.418 e. The summed E-state index contributed by atoms with van der Waals surface area (Å²) in [5, 5.41) is 0. The van der Waals surface area contributed by atoms with Crippen LogP contribution in [0.4, 0.5) is 104 Å². The van der Waals surface area contributed by atoms with Crippen molar-refractivity contribution in [2.24, 2.45) is 0 Å². The van der Waals surface area contributed by atoms with Gasteiger partial charge in [-0.15, -0.1) is 0 Å². The van der Waals surface area contributed by atoms with Crippen LogP contribution in [0, 0.1) is 31.1 Å². The molecule has 0 aromatic heterocycles. The quantitative estimate of drug-likeness (QED) is 0.175. The van der Waals surface area contributed by atoms with Gasteiger partial charge in [-0.25, -0.2) is 0 Å². The first kappa shape index (κ1) is 48.3. The van der Waals surface area contributed by atoms with Crippen LogP contribution in [0.3, 0.4) is 0 Å². The Bertz CT molecular complexity index is 214. The molecule has 0 aliphatic carbocycles. The molecule has 0 atom stereocenters. The normalized spacial score (nSPS) is 11.6. The Morgan fingerprint density at radius 2 is 0.161 bits per heavy atom. The van der Waals surface area contributed by atoms with Gasteiger partial charge in [-0.05, 0) is 0 Å². The molecular formula is B6F24U. The zero-order valence-electron chi connectivity index (χ0n) is 13.0. The maximum atomic E-state index is 9.75. The van der Waals surface area contributed by atoms with Crippen LogP contribution in [0.15, 0.2) is 0 Å². The van der Waals surface area contributed by atoms with Crippen molar-refractivity contribution in [1.29, 1.82) is 0 Å². The molecule has 0 fully saturated rings. The summed E-state index contributed by atoms with van der Waals surface area (Å²) in [4.78, 5) is 0. The zero-order chi connectivity index (χ0) is 27.0. The largest absolute Gasteiger partial charge is 6.00 e. The molecule has 0 N–H and O–H groups in total. The zero-order valence-corrected chi connectivity index (χ0v) is 17.2. The first-order chi connectivity index (χ1) is 12.0. The van der Waals surface area contributed by atoms with Crippen LogP contribution in [-0.2, 0) is 0 Å². The summed E-state index contributed by atoms with van der Waals surface area (Å²) in [5.41, 5.74) is 0. The average Bonchev–Trinajstić information content (AvgIpc) is 1.94. The number of hydrogen-bond donors (Lipinski definition) is 0. The molecule has 0 spiro atoms. The molecule has 0 saturated heterocycles. The third kappa shape index (κ3) is 403000. The van der Waals surface area contributed by atoms with Gasteiger partial charge in [-0.1, -0.05) is 0 Å². The maximum absolute atomic E-state index is 9.75. The molecule has 0 nitrogen and oxygen atoms in total. The summed E-state index contributed by atoms with van der Waals surface area (Å²) in [5.74, 6) is 0. The van der Waals surface area contributed by atoms with Crippen LogP contribution in [0.25, 0.3) is 0 Å². The van der Waals surface area contributed by atoms with Gasteiger partial charge in [0.1, 0.15) is 0 Å².